The lowest BCUT2D eigenvalue weighted by atomic mass is 9.96. The second-order valence-electron chi connectivity index (χ2n) is 5.53. The number of H-pyrrole nitrogens is 1. The van der Waals surface area contributed by atoms with Crippen LogP contribution >= 0.6 is 0 Å². The SMILES string of the molecule is CCc1c(-c2cccnc2)[nH]n(C2CCCCC2)c1=O. The normalized spacial score (nSPS) is 16.4. The fourth-order valence-electron chi connectivity index (χ4n) is 3.16. The van der Waals surface area contributed by atoms with E-state index in [0.29, 0.717) is 6.04 Å². The lowest BCUT2D eigenvalue weighted by Crippen LogP contribution is -2.25. The fourth-order valence-corrected chi connectivity index (χ4v) is 3.16. The van der Waals surface area contributed by atoms with Gasteiger partial charge in [-0.3, -0.25) is 14.9 Å². The average Bonchev–Trinajstić information content (AvgIpc) is 2.86. The van der Waals surface area contributed by atoms with Crippen LogP contribution in [0, 0.1) is 0 Å². The van der Waals surface area contributed by atoms with E-state index in [1.165, 1.54) is 19.3 Å². The number of aromatic nitrogens is 3. The third kappa shape index (κ3) is 2.30. The molecule has 1 aliphatic rings. The minimum Gasteiger partial charge on any atom is -0.294 e. The van der Waals surface area contributed by atoms with Crippen LogP contribution in [0.15, 0.2) is 29.3 Å². The van der Waals surface area contributed by atoms with Crippen LogP contribution in [0.3, 0.4) is 0 Å². The van der Waals surface area contributed by atoms with Crippen LogP contribution in [0.5, 0.6) is 0 Å². The summed E-state index contributed by atoms with van der Waals surface area (Å²) in [6, 6.07) is 4.25. The molecule has 0 radical (unpaired) electrons. The number of nitrogens with zero attached hydrogens (tertiary/aromatic N) is 2. The van der Waals surface area contributed by atoms with Gasteiger partial charge in [0.25, 0.3) is 5.56 Å². The zero-order chi connectivity index (χ0) is 13.9. The van der Waals surface area contributed by atoms with Gasteiger partial charge < -0.3 is 0 Å². The molecule has 1 aliphatic carbocycles. The lowest BCUT2D eigenvalue weighted by molar-refractivity contribution is 0.323. The Balaban J connectivity index is 2.05. The molecule has 1 N–H and O–H groups in total. The van der Waals surface area contributed by atoms with Crippen LogP contribution in [0.25, 0.3) is 11.3 Å². The Labute approximate surface area is 118 Å². The lowest BCUT2D eigenvalue weighted by Gasteiger charge is -2.22. The predicted molar refractivity (Wildman–Crippen MR) is 79.8 cm³/mol. The molecule has 4 heteroatoms. The summed E-state index contributed by atoms with van der Waals surface area (Å²) >= 11 is 0. The zero-order valence-corrected chi connectivity index (χ0v) is 11.9. The van der Waals surface area contributed by atoms with Crippen molar-refractivity contribution in [2.75, 3.05) is 0 Å². The van der Waals surface area contributed by atoms with Crippen molar-refractivity contribution in [3.63, 3.8) is 0 Å². The molecule has 2 aromatic heterocycles. The number of hydrogen-bond donors (Lipinski definition) is 1. The highest BCUT2D eigenvalue weighted by Crippen LogP contribution is 2.28. The van der Waals surface area contributed by atoms with Crippen LogP contribution in [0.2, 0.25) is 0 Å². The minimum atomic E-state index is 0.151. The maximum Gasteiger partial charge on any atom is 0.270 e. The highest BCUT2D eigenvalue weighted by atomic mass is 16.1. The Morgan fingerprint density at radius 2 is 2.15 bits per heavy atom. The van der Waals surface area contributed by atoms with Crippen molar-refractivity contribution in [3.8, 4) is 11.3 Å². The number of rotatable bonds is 3. The fraction of sp³-hybridized carbons (Fsp3) is 0.500. The second-order valence-corrected chi connectivity index (χ2v) is 5.53. The largest absolute Gasteiger partial charge is 0.294 e. The van der Waals surface area contributed by atoms with E-state index in [1.807, 2.05) is 29.9 Å². The van der Waals surface area contributed by atoms with E-state index in [-0.39, 0.29) is 5.56 Å². The Kier molecular flexibility index (Phi) is 3.72. The third-order valence-corrected chi connectivity index (χ3v) is 4.25. The molecule has 0 aliphatic heterocycles. The molecule has 106 valence electrons. The first-order chi connectivity index (χ1) is 9.81. The molecule has 3 rings (SSSR count). The van der Waals surface area contributed by atoms with Crippen molar-refractivity contribution in [2.24, 2.45) is 0 Å². The molecule has 2 aromatic rings. The molecule has 0 atom stereocenters. The van der Waals surface area contributed by atoms with Gasteiger partial charge in [0.15, 0.2) is 0 Å². The number of pyridine rings is 1. The van der Waals surface area contributed by atoms with Crippen LogP contribution in [0.4, 0.5) is 0 Å². The van der Waals surface area contributed by atoms with E-state index in [9.17, 15) is 4.79 Å². The van der Waals surface area contributed by atoms with Crippen LogP contribution < -0.4 is 5.56 Å². The van der Waals surface area contributed by atoms with Crippen molar-refractivity contribution >= 4 is 0 Å². The van der Waals surface area contributed by atoms with Gasteiger partial charge in [-0.25, -0.2) is 4.68 Å². The molecule has 2 heterocycles. The summed E-state index contributed by atoms with van der Waals surface area (Å²) in [6.07, 6.45) is 10.3. The smallest absolute Gasteiger partial charge is 0.270 e. The molecule has 0 spiro atoms. The third-order valence-electron chi connectivity index (χ3n) is 4.25. The van der Waals surface area contributed by atoms with E-state index in [4.69, 9.17) is 0 Å². The second kappa shape index (κ2) is 5.65. The molecule has 1 fully saturated rings. The molecule has 0 saturated heterocycles. The highest BCUT2D eigenvalue weighted by Gasteiger charge is 2.21. The molecule has 0 bridgehead atoms. The van der Waals surface area contributed by atoms with Crippen molar-refractivity contribution in [3.05, 3.63) is 40.4 Å². The molecule has 20 heavy (non-hydrogen) atoms. The number of nitrogens with one attached hydrogen (secondary N) is 1. The van der Waals surface area contributed by atoms with Gasteiger partial charge in [0.05, 0.1) is 11.7 Å². The summed E-state index contributed by atoms with van der Waals surface area (Å²) in [4.78, 5) is 16.8. The maximum absolute atomic E-state index is 12.6. The van der Waals surface area contributed by atoms with Gasteiger partial charge in [-0.1, -0.05) is 26.2 Å². The van der Waals surface area contributed by atoms with Gasteiger partial charge >= 0.3 is 0 Å². The molecule has 0 amide bonds. The molecular weight excluding hydrogens is 250 g/mol. The maximum atomic E-state index is 12.6. The van der Waals surface area contributed by atoms with Gasteiger partial charge in [-0.05, 0) is 31.4 Å². The van der Waals surface area contributed by atoms with Crippen LogP contribution in [-0.4, -0.2) is 14.8 Å². The predicted octanol–water partition coefficient (Wildman–Crippen LogP) is 3.31. The molecular formula is C16H21N3O. The minimum absolute atomic E-state index is 0.151. The summed E-state index contributed by atoms with van der Waals surface area (Å²) in [7, 11) is 0. The van der Waals surface area contributed by atoms with E-state index >= 15 is 0 Å². The first kappa shape index (κ1) is 13.2. The standard InChI is InChI=1S/C16H21N3O/c1-2-14-15(12-7-6-10-17-11-12)18-19(16(14)20)13-8-4-3-5-9-13/h6-7,10-11,13,18H,2-5,8-9H2,1H3. The average molecular weight is 271 g/mol. The van der Waals surface area contributed by atoms with Gasteiger partial charge in [-0.2, -0.15) is 0 Å². The van der Waals surface area contributed by atoms with Crippen molar-refractivity contribution in [2.45, 2.75) is 51.5 Å². The number of hydrogen-bond acceptors (Lipinski definition) is 2. The molecule has 1 saturated carbocycles. The van der Waals surface area contributed by atoms with E-state index in [0.717, 1.165) is 36.1 Å². The van der Waals surface area contributed by atoms with E-state index < -0.39 is 0 Å². The highest BCUT2D eigenvalue weighted by molar-refractivity contribution is 5.61. The zero-order valence-electron chi connectivity index (χ0n) is 11.9. The number of aromatic amines is 1. The summed E-state index contributed by atoms with van der Waals surface area (Å²) in [5.41, 5.74) is 2.97. The van der Waals surface area contributed by atoms with Crippen molar-refractivity contribution in [1.82, 2.24) is 14.8 Å². The van der Waals surface area contributed by atoms with Gasteiger partial charge in [0.1, 0.15) is 0 Å². The quantitative estimate of drug-likeness (QED) is 0.931. The summed E-state index contributed by atoms with van der Waals surface area (Å²) < 4.78 is 1.86. The van der Waals surface area contributed by atoms with Gasteiger partial charge in [-0.15, -0.1) is 0 Å². The Hall–Kier alpha value is -1.84. The molecule has 0 unspecified atom stereocenters. The molecule has 4 nitrogen and oxygen atoms in total. The van der Waals surface area contributed by atoms with Gasteiger partial charge in [0, 0.05) is 23.5 Å². The summed E-state index contributed by atoms with van der Waals surface area (Å²) in [6.45, 7) is 2.04. The topological polar surface area (TPSA) is 50.7 Å². The van der Waals surface area contributed by atoms with E-state index in [2.05, 4.69) is 10.1 Å². The van der Waals surface area contributed by atoms with Crippen LogP contribution in [-0.2, 0) is 6.42 Å². The van der Waals surface area contributed by atoms with Gasteiger partial charge in [0.2, 0.25) is 0 Å². The van der Waals surface area contributed by atoms with E-state index in [1.54, 1.807) is 6.20 Å². The Morgan fingerprint density at radius 3 is 2.80 bits per heavy atom. The molecule has 0 aromatic carbocycles. The van der Waals surface area contributed by atoms with Crippen molar-refractivity contribution < 1.29 is 0 Å². The summed E-state index contributed by atoms with van der Waals surface area (Å²) in [5.74, 6) is 0. The summed E-state index contributed by atoms with van der Waals surface area (Å²) in [5, 5.41) is 3.35. The first-order valence-corrected chi connectivity index (χ1v) is 7.55. The first-order valence-electron chi connectivity index (χ1n) is 7.55. The monoisotopic (exact) mass is 271 g/mol. The van der Waals surface area contributed by atoms with Crippen LogP contribution in [0.1, 0.15) is 50.6 Å². The Morgan fingerprint density at radius 1 is 1.35 bits per heavy atom. The van der Waals surface area contributed by atoms with Crippen molar-refractivity contribution in [1.29, 1.82) is 0 Å². The Bertz CT molecular complexity index is 621.